The average molecular weight is 341 g/mol. The maximum Gasteiger partial charge on any atom is 0.257 e. The summed E-state index contributed by atoms with van der Waals surface area (Å²) in [6.07, 6.45) is 1.91. The van der Waals surface area contributed by atoms with Gasteiger partial charge >= 0.3 is 0 Å². The highest BCUT2D eigenvalue weighted by molar-refractivity contribution is 5.77. The Hall–Kier alpha value is -2.69. The van der Waals surface area contributed by atoms with Crippen molar-refractivity contribution in [3.05, 3.63) is 53.6 Å². The molecule has 3 rings (SSSR count). The summed E-state index contributed by atoms with van der Waals surface area (Å²) in [7, 11) is 3.26. The first-order valence-electron chi connectivity index (χ1n) is 8.40. The number of benzene rings is 2. The van der Waals surface area contributed by atoms with Crippen molar-refractivity contribution in [2.45, 2.75) is 12.8 Å². The molecule has 5 heteroatoms. The molecule has 0 aliphatic carbocycles. The van der Waals surface area contributed by atoms with Gasteiger partial charge in [-0.05, 0) is 42.2 Å². The second kappa shape index (κ2) is 7.92. The molecule has 0 bridgehead atoms. The highest BCUT2D eigenvalue weighted by atomic mass is 16.5. The Kier molecular flexibility index (Phi) is 5.43. The van der Waals surface area contributed by atoms with Gasteiger partial charge in [0, 0.05) is 13.0 Å². The zero-order chi connectivity index (χ0) is 17.6. The predicted octanol–water partition coefficient (Wildman–Crippen LogP) is 2.61. The summed E-state index contributed by atoms with van der Waals surface area (Å²) in [6.45, 7) is 0.716. The van der Waals surface area contributed by atoms with E-state index in [0.717, 1.165) is 24.3 Å². The fourth-order valence-corrected chi connectivity index (χ4v) is 3.02. The van der Waals surface area contributed by atoms with E-state index in [1.807, 2.05) is 36.4 Å². The number of carbonyl (C=O) groups excluding carboxylic acids is 1. The minimum absolute atomic E-state index is 0.0327. The number of nitrogens with one attached hydrogen (secondary N) is 1. The molecule has 1 N–H and O–H groups in total. The Morgan fingerprint density at radius 2 is 2.04 bits per heavy atom. The summed E-state index contributed by atoms with van der Waals surface area (Å²) in [5.74, 6) is 2.66. The normalized spacial score (nSPS) is 15.7. The molecule has 1 aliphatic heterocycles. The number of hydrogen-bond donors (Lipinski definition) is 1. The van der Waals surface area contributed by atoms with E-state index < -0.39 is 0 Å². The van der Waals surface area contributed by atoms with Crippen molar-refractivity contribution in [3.8, 4) is 17.2 Å². The molecule has 0 aromatic heterocycles. The predicted molar refractivity (Wildman–Crippen MR) is 95.4 cm³/mol. The molecule has 132 valence electrons. The number of fused-ring (bicyclic) bond motifs is 1. The lowest BCUT2D eigenvalue weighted by Gasteiger charge is -2.26. The molecule has 0 saturated heterocycles. The molecule has 1 atom stereocenters. The molecular weight excluding hydrogens is 318 g/mol. The van der Waals surface area contributed by atoms with Crippen molar-refractivity contribution in [1.82, 2.24) is 5.32 Å². The van der Waals surface area contributed by atoms with Crippen molar-refractivity contribution in [2.75, 3.05) is 27.4 Å². The van der Waals surface area contributed by atoms with Gasteiger partial charge in [0.05, 0.1) is 13.7 Å². The lowest BCUT2D eigenvalue weighted by molar-refractivity contribution is -0.122. The number of hydrogen-bond acceptors (Lipinski definition) is 4. The van der Waals surface area contributed by atoms with E-state index in [-0.39, 0.29) is 12.5 Å². The summed E-state index contributed by atoms with van der Waals surface area (Å²) in [6, 6.07) is 13.9. The highest BCUT2D eigenvalue weighted by Gasteiger charge is 2.22. The lowest BCUT2D eigenvalue weighted by atomic mass is 9.91. The van der Waals surface area contributed by atoms with E-state index in [2.05, 4.69) is 11.4 Å². The topological polar surface area (TPSA) is 56.8 Å². The second-order valence-corrected chi connectivity index (χ2v) is 6.14. The molecule has 1 amide bonds. The van der Waals surface area contributed by atoms with E-state index >= 15 is 0 Å². The van der Waals surface area contributed by atoms with Crippen LogP contribution in [0.5, 0.6) is 17.2 Å². The molecule has 0 saturated carbocycles. The third kappa shape index (κ3) is 4.24. The molecule has 5 nitrogen and oxygen atoms in total. The summed E-state index contributed by atoms with van der Waals surface area (Å²) in [5, 5.41) is 2.53. The van der Waals surface area contributed by atoms with Gasteiger partial charge in [-0.25, -0.2) is 0 Å². The van der Waals surface area contributed by atoms with Crippen molar-refractivity contribution >= 4 is 5.91 Å². The van der Waals surface area contributed by atoms with Gasteiger partial charge in [0.2, 0.25) is 0 Å². The van der Waals surface area contributed by atoms with Crippen LogP contribution in [0, 0.1) is 5.92 Å². The van der Waals surface area contributed by atoms with Crippen molar-refractivity contribution in [3.63, 3.8) is 0 Å². The molecule has 2 aromatic rings. The highest BCUT2D eigenvalue weighted by Crippen LogP contribution is 2.36. The second-order valence-electron chi connectivity index (χ2n) is 6.14. The van der Waals surface area contributed by atoms with Gasteiger partial charge in [-0.2, -0.15) is 0 Å². The largest absolute Gasteiger partial charge is 0.493 e. The van der Waals surface area contributed by atoms with Crippen LogP contribution in [-0.2, 0) is 17.6 Å². The van der Waals surface area contributed by atoms with Crippen molar-refractivity contribution in [2.24, 2.45) is 5.92 Å². The third-order valence-corrected chi connectivity index (χ3v) is 4.35. The van der Waals surface area contributed by atoms with Crippen LogP contribution in [0.2, 0.25) is 0 Å². The summed E-state index contributed by atoms with van der Waals surface area (Å²) in [4.78, 5) is 11.2. The fourth-order valence-electron chi connectivity index (χ4n) is 3.02. The standard InChI is InChI=1S/C20H23NO4/c1-21-19(22)13-24-17-8-6-14(7-9-17)10-15-11-16-4-3-5-18(23-2)20(16)25-12-15/h3-9,15H,10-13H2,1-2H3,(H,21,22)/t15-/m0/s1. The van der Waals surface area contributed by atoms with Gasteiger partial charge in [0.25, 0.3) is 5.91 Å². The molecule has 0 radical (unpaired) electrons. The smallest absolute Gasteiger partial charge is 0.257 e. The maximum atomic E-state index is 11.2. The van der Waals surface area contributed by atoms with Crippen molar-refractivity contribution in [1.29, 1.82) is 0 Å². The van der Waals surface area contributed by atoms with Crippen LogP contribution in [-0.4, -0.2) is 33.3 Å². The van der Waals surface area contributed by atoms with Crippen LogP contribution in [0.1, 0.15) is 11.1 Å². The molecular formula is C20H23NO4. The van der Waals surface area contributed by atoms with E-state index in [4.69, 9.17) is 14.2 Å². The van der Waals surface area contributed by atoms with Gasteiger partial charge in [0.15, 0.2) is 18.1 Å². The summed E-state index contributed by atoms with van der Waals surface area (Å²) >= 11 is 0. The molecule has 0 spiro atoms. The first kappa shape index (κ1) is 17.1. The van der Waals surface area contributed by atoms with Crippen LogP contribution >= 0.6 is 0 Å². The average Bonchev–Trinajstić information content (AvgIpc) is 2.66. The number of para-hydroxylation sites is 1. The number of methoxy groups -OCH3 is 1. The number of ether oxygens (including phenoxy) is 3. The number of rotatable bonds is 6. The summed E-state index contributed by atoms with van der Waals surface area (Å²) < 4.78 is 16.7. The minimum atomic E-state index is -0.141. The minimum Gasteiger partial charge on any atom is -0.493 e. The van der Waals surface area contributed by atoms with Crippen LogP contribution < -0.4 is 19.5 Å². The van der Waals surface area contributed by atoms with Crippen molar-refractivity contribution < 1.29 is 19.0 Å². The van der Waals surface area contributed by atoms with E-state index in [1.165, 1.54) is 11.1 Å². The van der Waals surface area contributed by atoms with Gasteiger partial charge in [0.1, 0.15) is 5.75 Å². The van der Waals surface area contributed by atoms with Crippen LogP contribution in [0.15, 0.2) is 42.5 Å². The Labute approximate surface area is 147 Å². The molecule has 0 fully saturated rings. The van der Waals surface area contributed by atoms with Crippen LogP contribution in [0.25, 0.3) is 0 Å². The Bertz CT molecular complexity index is 727. The SMILES string of the molecule is CNC(=O)COc1ccc(C[C@@H]2COc3c(cccc3OC)C2)cc1. The van der Waals surface area contributed by atoms with Gasteiger partial charge in [-0.3, -0.25) is 4.79 Å². The number of likely N-dealkylation sites (N-methyl/N-ethyl adjacent to an activating group) is 1. The first-order chi connectivity index (χ1) is 12.2. The Morgan fingerprint density at radius 1 is 1.24 bits per heavy atom. The van der Waals surface area contributed by atoms with E-state index in [0.29, 0.717) is 18.3 Å². The molecule has 0 unspecified atom stereocenters. The van der Waals surface area contributed by atoms with E-state index in [1.54, 1.807) is 14.2 Å². The molecule has 1 heterocycles. The number of amides is 1. The van der Waals surface area contributed by atoms with Gasteiger partial charge in [-0.15, -0.1) is 0 Å². The van der Waals surface area contributed by atoms with Crippen LogP contribution in [0.3, 0.4) is 0 Å². The zero-order valence-corrected chi connectivity index (χ0v) is 14.6. The Morgan fingerprint density at radius 3 is 2.76 bits per heavy atom. The quantitative estimate of drug-likeness (QED) is 0.877. The molecule has 2 aromatic carbocycles. The summed E-state index contributed by atoms with van der Waals surface area (Å²) in [5.41, 5.74) is 2.42. The van der Waals surface area contributed by atoms with Crippen LogP contribution in [0.4, 0.5) is 0 Å². The lowest BCUT2D eigenvalue weighted by Crippen LogP contribution is -2.24. The monoisotopic (exact) mass is 341 g/mol. The fraction of sp³-hybridized carbons (Fsp3) is 0.350. The Balaban J connectivity index is 1.59. The molecule has 1 aliphatic rings. The zero-order valence-electron chi connectivity index (χ0n) is 14.6. The third-order valence-electron chi connectivity index (χ3n) is 4.35. The van der Waals surface area contributed by atoms with E-state index in [9.17, 15) is 4.79 Å². The first-order valence-corrected chi connectivity index (χ1v) is 8.40. The van der Waals surface area contributed by atoms with Gasteiger partial charge in [-0.1, -0.05) is 24.3 Å². The maximum absolute atomic E-state index is 11.2. The molecule has 25 heavy (non-hydrogen) atoms. The van der Waals surface area contributed by atoms with Gasteiger partial charge < -0.3 is 19.5 Å². The number of carbonyl (C=O) groups is 1.